The van der Waals surface area contributed by atoms with Gasteiger partial charge in [0.2, 0.25) is 0 Å². The van der Waals surface area contributed by atoms with E-state index in [0.29, 0.717) is 5.39 Å². The Morgan fingerprint density at radius 1 is 1.44 bits per heavy atom. The Morgan fingerprint density at radius 2 is 2.11 bits per heavy atom. The van der Waals surface area contributed by atoms with Crippen molar-refractivity contribution in [2.45, 2.75) is 0 Å². The Morgan fingerprint density at radius 3 is 2.67 bits per heavy atom. The maximum atomic E-state index is 10.9. The molecule has 0 spiro atoms. The van der Waals surface area contributed by atoms with Crippen LogP contribution < -0.4 is 5.11 Å². The van der Waals surface area contributed by atoms with Crippen LogP contribution in [-0.4, -0.2) is 10.9 Å². The fraction of sp³-hybridized carbons (Fsp3) is 0. The van der Waals surface area contributed by atoms with Crippen molar-refractivity contribution in [2.24, 2.45) is 0 Å². The van der Waals surface area contributed by atoms with E-state index in [1.165, 1.54) is 6.07 Å². The standard InChI is InChI=1S/C11H5BrNO4.Hg/c12-10-7-4-2-1-3-6(7)8(11(14)15)5-9(10)13(16)17;/h1-2,4-5H,(H,14,15);/q;+1/p-1. The first-order valence-electron chi connectivity index (χ1n) is 4.51. The minimum absolute atomic E-state index is 0. The maximum absolute atomic E-state index is 10.9. The fourth-order valence-electron chi connectivity index (χ4n) is 1.55. The molecule has 0 aliphatic rings. The predicted octanol–water partition coefficient (Wildman–Crippen LogP) is 1.67. The van der Waals surface area contributed by atoms with E-state index in [2.05, 4.69) is 22.0 Å². The molecule has 0 heterocycles. The fourth-order valence-corrected chi connectivity index (χ4v) is 2.14. The van der Waals surface area contributed by atoms with Crippen molar-refractivity contribution in [3.05, 3.63) is 50.5 Å². The summed E-state index contributed by atoms with van der Waals surface area (Å²) >= 11 is 3.09. The quantitative estimate of drug-likeness (QED) is 0.361. The smallest absolute Gasteiger partial charge is 0.545 e. The van der Waals surface area contributed by atoms with Gasteiger partial charge in [-0.25, -0.2) is 0 Å². The van der Waals surface area contributed by atoms with Crippen molar-refractivity contribution in [3.63, 3.8) is 0 Å². The Hall–Kier alpha value is -1.01. The van der Waals surface area contributed by atoms with E-state index in [-0.39, 0.29) is 48.8 Å². The SMILES string of the molecule is O=C([O-])c1cc([N+](=O)[O-])c(Br)c2ccc[c]c12.[Hg+]. The average Bonchev–Trinajstić information content (AvgIpc) is 2.29. The number of carboxylic acids is 1. The number of nitro groups is 1. The summed E-state index contributed by atoms with van der Waals surface area (Å²) in [5.41, 5.74) is -0.549. The number of carboxylic acid groups (broad SMARTS) is 1. The molecule has 0 aliphatic carbocycles. The molecule has 0 bridgehead atoms. The molecule has 7 heteroatoms. The van der Waals surface area contributed by atoms with Gasteiger partial charge in [0.25, 0.3) is 5.69 Å². The van der Waals surface area contributed by atoms with Crippen LogP contribution in [0.5, 0.6) is 0 Å². The van der Waals surface area contributed by atoms with Crippen LogP contribution in [0.1, 0.15) is 10.4 Å². The summed E-state index contributed by atoms with van der Waals surface area (Å²) in [5.74, 6) is -1.46. The van der Waals surface area contributed by atoms with E-state index >= 15 is 0 Å². The molecule has 0 aliphatic heterocycles. The molecule has 2 rings (SSSR count). The zero-order chi connectivity index (χ0) is 12.6. The van der Waals surface area contributed by atoms with Gasteiger partial charge in [-0.3, -0.25) is 10.1 Å². The van der Waals surface area contributed by atoms with Crippen LogP contribution in [0.4, 0.5) is 5.69 Å². The van der Waals surface area contributed by atoms with Gasteiger partial charge in [-0.1, -0.05) is 18.2 Å². The Bertz CT molecular complexity index is 644. The largest absolute Gasteiger partial charge is 1.00 e. The molecular weight excluding hydrogens is 491 g/mol. The summed E-state index contributed by atoms with van der Waals surface area (Å²) in [5, 5.41) is 22.4. The number of nitro benzene ring substituents is 1. The third-order valence-electron chi connectivity index (χ3n) is 2.28. The van der Waals surface area contributed by atoms with Gasteiger partial charge in [0.15, 0.2) is 0 Å². The summed E-state index contributed by atoms with van der Waals surface area (Å²) in [7, 11) is 0. The topological polar surface area (TPSA) is 83.3 Å². The van der Waals surface area contributed by atoms with Crippen molar-refractivity contribution >= 4 is 38.4 Å². The molecule has 0 unspecified atom stereocenters. The van der Waals surface area contributed by atoms with Crippen LogP contribution in [0.25, 0.3) is 10.8 Å². The molecule has 0 saturated heterocycles. The van der Waals surface area contributed by atoms with Crippen LogP contribution >= 0.6 is 15.9 Å². The van der Waals surface area contributed by atoms with E-state index < -0.39 is 10.9 Å². The number of hydrogen-bond acceptors (Lipinski definition) is 4. The van der Waals surface area contributed by atoms with Gasteiger partial charge in [0.05, 0.1) is 10.9 Å². The van der Waals surface area contributed by atoms with Gasteiger partial charge in [-0.15, -0.1) is 0 Å². The second kappa shape index (κ2) is 5.75. The van der Waals surface area contributed by atoms with Gasteiger partial charge < -0.3 is 9.90 Å². The zero-order valence-corrected chi connectivity index (χ0v) is 16.1. The van der Waals surface area contributed by atoms with Crippen molar-refractivity contribution < 1.29 is 42.5 Å². The maximum Gasteiger partial charge on any atom is 1.00 e. The summed E-state index contributed by atoms with van der Waals surface area (Å²) in [6, 6.07) is 8.44. The van der Waals surface area contributed by atoms with Gasteiger partial charge >= 0.3 is 27.7 Å². The van der Waals surface area contributed by atoms with Crippen molar-refractivity contribution in [1.82, 2.24) is 0 Å². The summed E-state index contributed by atoms with van der Waals surface area (Å²) in [4.78, 5) is 21.1. The summed E-state index contributed by atoms with van der Waals surface area (Å²) in [6.45, 7) is 0. The molecule has 0 atom stereocenters. The molecule has 5 nitrogen and oxygen atoms in total. The first-order valence-corrected chi connectivity index (χ1v) is 5.30. The van der Waals surface area contributed by atoms with E-state index in [1.54, 1.807) is 12.1 Å². The number of benzene rings is 2. The molecule has 0 N–H and O–H groups in total. The molecule has 86 valence electrons. The molecule has 2 aromatic carbocycles. The zero-order valence-electron chi connectivity index (χ0n) is 8.97. The van der Waals surface area contributed by atoms with E-state index in [0.717, 1.165) is 6.07 Å². The minimum Gasteiger partial charge on any atom is -0.545 e. The number of nitrogens with zero attached hydrogens (tertiary/aromatic N) is 1. The molecule has 0 aromatic heterocycles. The van der Waals surface area contributed by atoms with Gasteiger partial charge in [0, 0.05) is 22.4 Å². The van der Waals surface area contributed by atoms with Crippen LogP contribution in [-0.2, 0) is 27.7 Å². The predicted molar refractivity (Wildman–Crippen MR) is 61.5 cm³/mol. The normalized spacial score (nSPS) is 9.83. The van der Waals surface area contributed by atoms with E-state index in [9.17, 15) is 20.0 Å². The number of hydrogen-bond donors (Lipinski definition) is 0. The summed E-state index contributed by atoms with van der Waals surface area (Å²) < 4.78 is 0.236. The van der Waals surface area contributed by atoms with E-state index in [1.807, 2.05) is 0 Å². The minimum atomic E-state index is -1.46. The number of carbonyl (C=O) groups excluding carboxylic acids is 1. The third-order valence-corrected chi connectivity index (χ3v) is 3.12. The molecule has 18 heavy (non-hydrogen) atoms. The summed E-state index contributed by atoms with van der Waals surface area (Å²) in [6.07, 6.45) is 0. The molecular formula is C11H4BrHgNO4. The van der Waals surface area contributed by atoms with Crippen molar-refractivity contribution in [2.75, 3.05) is 0 Å². The number of halogens is 1. The van der Waals surface area contributed by atoms with Crippen LogP contribution in [0.15, 0.2) is 28.7 Å². The number of fused-ring (bicyclic) bond motifs is 1. The van der Waals surface area contributed by atoms with Gasteiger partial charge in [-0.2, -0.15) is 0 Å². The van der Waals surface area contributed by atoms with Crippen LogP contribution in [0.3, 0.4) is 0 Å². The number of rotatable bonds is 2. The van der Waals surface area contributed by atoms with Crippen LogP contribution in [0.2, 0.25) is 0 Å². The van der Waals surface area contributed by atoms with Crippen molar-refractivity contribution in [3.8, 4) is 0 Å². The Balaban J connectivity index is 0.00000162. The van der Waals surface area contributed by atoms with Gasteiger partial charge in [-0.05, 0) is 22.0 Å². The van der Waals surface area contributed by atoms with Crippen molar-refractivity contribution in [1.29, 1.82) is 0 Å². The van der Waals surface area contributed by atoms with Crippen LogP contribution in [0, 0.1) is 16.2 Å². The number of aromatic carboxylic acids is 1. The first-order chi connectivity index (χ1) is 8.02. The molecule has 0 saturated carbocycles. The Labute approximate surface area is 131 Å². The number of carbonyl (C=O) groups is 1. The Kier molecular flexibility index (Phi) is 4.81. The second-order valence-electron chi connectivity index (χ2n) is 3.26. The van der Waals surface area contributed by atoms with Gasteiger partial charge in [0.1, 0.15) is 4.47 Å². The third kappa shape index (κ3) is 2.54. The molecule has 0 amide bonds. The first kappa shape index (κ1) is 15.0. The average molecular weight is 495 g/mol. The van der Waals surface area contributed by atoms with E-state index in [4.69, 9.17) is 0 Å². The monoisotopic (exact) mass is 495 g/mol. The molecule has 2 radical (unpaired) electrons. The molecule has 0 fully saturated rings. The molecule has 2 aromatic rings. The second-order valence-corrected chi connectivity index (χ2v) is 4.05.